The minimum atomic E-state index is -5.14. The lowest BCUT2D eigenvalue weighted by atomic mass is 10.0. The second-order valence-electron chi connectivity index (χ2n) is 7.77. The van der Waals surface area contributed by atoms with Crippen molar-refractivity contribution in [2.45, 2.75) is 58.7 Å². The molecule has 1 aliphatic heterocycles. The molecule has 0 radical (unpaired) electrons. The molecular formula is C24H26F4N6O2S. The molecule has 1 fully saturated rings. The number of amides is 1. The van der Waals surface area contributed by atoms with Crippen LogP contribution in [0.2, 0.25) is 0 Å². The smallest absolute Gasteiger partial charge is 0.320 e. The number of carbonyl (C=O) groups is 1. The van der Waals surface area contributed by atoms with Crippen molar-refractivity contribution < 1.29 is 27.6 Å². The lowest BCUT2D eigenvalue weighted by molar-refractivity contribution is -0.140. The minimum Gasteiger partial charge on any atom is -0.320 e. The minimum absolute atomic E-state index is 0.222. The van der Waals surface area contributed by atoms with Gasteiger partial charge in [-0.25, -0.2) is 10.3 Å². The monoisotopic (exact) mass is 538 g/mol. The van der Waals surface area contributed by atoms with Gasteiger partial charge >= 0.3 is 6.18 Å². The molecule has 8 nitrogen and oxygen atoms in total. The maximum absolute atomic E-state index is 15.0. The predicted octanol–water partition coefficient (Wildman–Crippen LogP) is 5.23. The maximum Gasteiger partial charge on any atom is 0.420 e. The number of rotatable bonds is 5. The number of unbranched alkanes of at least 4 members (excludes halogenated alkanes) is 1. The van der Waals surface area contributed by atoms with Crippen LogP contribution in [0.4, 0.5) is 28.9 Å². The number of aryl methyl sites for hydroxylation is 1. The summed E-state index contributed by atoms with van der Waals surface area (Å²) in [5.74, 6) is 1.02. The fourth-order valence-electron chi connectivity index (χ4n) is 3.59. The van der Waals surface area contributed by atoms with Gasteiger partial charge in [0.15, 0.2) is 10.9 Å². The molecule has 0 atom stereocenters. The van der Waals surface area contributed by atoms with E-state index in [0.29, 0.717) is 35.5 Å². The van der Waals surface area contributed by atoms with Gasteiger partial charge in [0.1, 0.15) is 11.1 Å². The highest BCUT2D eigenvalue weighted by molar-refractivity contribution is 7.81. The molecular weight excluding hydrogens is 512 g/mol. The zero-order valence-electron chi connectivity index (χ0n) is 20.6. The molecule has 2 heterocycles. The van der Waals surface area contributed by atoms with Crippen LogP contribution in [0, 0.1) is 28.5 Å². The van der Waals surface area contributed by atoms with Crippen LogP contribution in [0.15, 0.2) is 30.5 Å². The number of nitrogens with zero attached hydrogens (tertiary/aromatic N) is 5. The normalized spacial score (nSPS) is 14.2. The summed E-state index contributed by atoms with van der Waals surface area (Å²) in [4.78, 5) is 19.6. The molecule has 3 N–H and O–H groups in total. The van der Waals surface area contributed by atoms with Gasteiger partial charge in [-0.1, -0.05) is 13.8 Å². The van der Waals surface area contributed by atoms with E-state index >= 15 is 4.39 Å². The number of thiocarbonyl (C=S) groups is 1. The summed E-state index contributed by atoms with van der Waals surface area (Å²) in [7, 11) is 0. The molecule has 198 valence electrons. The first-order chi connectivity index (χ1) is 17.4. The number of pyridine rings is 1. The van der Waals surface area contributed by atoms with Crippen molar-refractivity contribution in [2.24, 2.45) is 5.90 Å². The number of hydrogen-bond acceptors (Lipinski definition) is 7. The summed E-state index contributed by atoms with van der Waals surface area (Å²) < 4.78 is 55.3. The van der Waals surface area contributed by atoms with Crippen LogP contribution in [0.1, 0.15) is 57.4 Å². The molecule has 0 aliphatic carbocycles. The number of nitrogens with two attached hydrogens (primary N) is 1. The van der Waals surface area contributed by atoms with Gasteiger partial charge in [0.25, 0.3) is 5.91 Å². The summed E-state index contributed by atoms with van der Waals surface area (Å²) >= 11 is 5.38. The molecule has 37 heavy (non-hydrogen) atoms. The van der Waals surface area contributed by atoms with Crippen LogP contribution < -0.4 is 15.7 Å². The van der Waals surface area contributed by atoms with Crippen molar-refractivity contribution in [1.82, 2.24) is 4.98 Å². The van der Waals surface area contributed by atoms with E-state index in [2.05, 4.69) is 10.9 Å². The number of aromatic nitrogens is 1. The van der Waals surface area contributed by atoms with Gasteiger partial charge in [0.2, 0.25) is 0 Å². The van der Waals surface area contributed by atoms with Crippen LogP contribution in [0.3, 0.4) is 0 Å². The van der Waals surface area contributed by atoms with Crippen LogP contribution in [-0.4, -0.2) is 26.7 Å². The fourth-order valence-corrected chi connectivity index (χ4v) is 4.11. The van der Waals surface area contributed by atoms with E-state index in [1.165, 1.54) is 31.0 Å². The Labute approximate surface area is 217 Å². The molecule has 1 aromatic carbocycles. The second-order valence-corrected chi connectivity index (χ2v) is 8.13. The molecule has 2 aromatic rings. The van der Waals surface area contributed by atoms with Crippen molar-refractivity contribution in [1.29, 1.82) is 10.5 Å². The van der Waals surface area contributed by atoms with E-state index in [-0.39, 0.29) is 5.11 Å². The Bertz CT molecular complexity index is 1200. The van der Waals surface area contributed by atoms with Gasteiger partial charge in [-0.05, 0) is 63.2 Å². The Morgan fingerprint density at radius 3 is 2.27 bits per heavy atom. The zero-order chi connectivity index (χ0) is 28.6. The highest BCUT2D eigenvalue weighted by atomic mass is 32.1. The van der Waals surface area contributed by atoms with Crippen LogP contribution in [0.25, 0.3) is 0 Å². The average molecular weight is 539 g/mol. The molecule has 1 aromatic heterocycles. The number of benzene rings is 1. The molecule has 0 spiro atoms. The highest BCUT2D eigenvalue weighted by Gasteiger charge is 2.52. The standard InChI is InChI=1S/C22H17F4N5OS.C2H6.H3NO/c1-21(2)19(32)30(16-9-6-13(11-28)17(18(16)23)22(24,25)26)20(33)31(21)15-8-7-14(29-12-15)5-3-4-10-27;2*1-2/h6-9,12H,3-5H2,1-2H3;1-2H3;2H,1H2. The predicted molar refractivity (Wildman–Crippen MR) is 133 cm³/mol. The van der Waals surface area contributed by atoms with E-state index in [1.54, 1.807) is 12.1 Å². The van der Waals surface area contributed by atoms with Gasteiger partial charge in [-0.15, -0.1) is 0 Å². The van der Waals surface area contributed by atoms with Crippen LogP contribution in [0.5, 0.6) is 0 Å². The molecule has 1 saturated heterocycles. The summed E-state index contributed by atoms with van der Waals surface area (Å²) in [6.07, 6.45) is -2.10. The summed E-state index contributed by atoms with van der Waals surface area (Å²) in [6.45, 7) is 7.02. The largest absolute Gasteiger partial charge is 0.420 e. The van der Waals surface area contributed by atoms with Gasteiger partial charge in [-0.2, -0.15) is 23.7 Å². The lowest BCUT2D eigenvalue weighted by Gasteiger charge is -2.29. The first-order valence-corrected chi connectivity index (χ1v) is 11.4. The van der Waals surface area contributed by atoms with E-state index in [0.717, 1.165) is 12.1 Å². The fraction of sp³-hybridized carbons (Fsp3) is 0.375. The average Bonchev–Trinajstić information content (AvgIpc) is 3.04. The first kappa shape index (κ1) is 31.4. The van der Waals surface area contributed by atoms with E-state index in [4.69, 9.17) is 27.9 Å². The number of nitriles is 2. The Morgan fingerprint density at radius 2 is 1.78 bits per heavy atom. The SMILES string of the molecule is CC.CC1(C)C(=O)N(c2ccc(C#N)c(C(F)(F)F)c2F)C(=S)N1c1ccc(CCCC#N)nc1.NO. The van der Waals surface area contributed by atoms with Gasteiger partial charge < -0.3 is 10.1 Å². The Morgan fingerprint density at radius 1 is 1.16 bits per heavy atom. The Kier molecular flexibility index (Phi) is 11.1. The van der Waals surface area contributed by atoms with Crippen molar-refractivity contribution in [3.8, 4) is 12.1 Å². The number of alkyl halides is 3. The highest BCUT2D eigenvalue weighted by Crippen LogP contribution is 2.41. The molecule has 1 amide bonds. The Hall–Kier alpha value is -3.65. The third-order valence-electron chi connectivity index (χ3n) is 5.22. The van der Waals surface area contributed by atoms with Crippen molar-refractivity contribution in [2.75, 3.05) is 9.80 Å². The second kappa shape index (κ2) is 13.1. The lowest BCUT2D eigenvalue weighted by Crippen LogP contribution is -2.44. The quantitative estimate of drug-likeness (QED) is 0.229. The van der Waals surface area contributed by atoms with Crippen molar-refractivity contribution in [3.63, 3.8) is 0 Å². The summed E-state index contributed by atoms with van der Waals surface area (Å²) in [5, 5.41) is 23.9. The topological polar surface area (TPSA) is 130 Å². The third kappa shape index (κ3) is 6.38. The molecule has 13 heteroatoms. The third-order valence-corrected chi connectivity index (χ3v) is 5.59. The van der Waals surface area contributed by atoms with Gasteiger partial charge in [0, 0.05) is 12.1 Å². The number of hydrogen-bond donors (Lipinski definition) is 2. The van der Waals surface area contributed by atoms with E-state index < -0.39 is 40.3 Å². The van der Waals surface area contributed by atoms with E-state index in [9.17, 15) is 18.0 Å². The van der Waals surface area contributed by atoms with Crippen LogP contribution >= 0.6 is 12.2 Å². The Balaban J connectivity index is 0.00000163. The number of carbonyl (C=O) groups excluding carboxylic acids is 1. The number of halogens is 4. The maximum atomic E-state index is 15.0. The number of anilines is 2. The van der Waals surface area contributed by atoms with Crippen LogP contribution in [-0.2, 0) is 17.4 Å². The van der Waals surface area contributed by atoms with Gasteiger partial charge in [-0.3, -0.25) is 14.7 Å². The summed E-state index contributed by atoms with van der Waals surface area (Å²) in [6, 6.07) is 8.46. The molecule has 1 aliphatic rings. The summed E-state index contributed by atoms with van der Waals surface area (Å²) in [5.41, 5.74) is -3.57. The van der Waals surface area contributed by atoms with Crippen molar-refractivity contribution >= 4 is 34.6 Å². The first-order valence-electron chi connectivity index (χ1n) is 11.0. The van der Waals surface area contributed by atoms with Crippen molar-refractivity contribution in [3.05, 3.63) is 53.1 Å². The molecule has 3 rings (SSSR count). The molecule has 0 unspecified atom stereocenters. The zero-order valence-corrected chi connectivity index (χ0v) is 21.4. The molecule has 0 bridgehead atoms. The van der Waals surface area contributed by atoms with Gasteiger partial charge in [0.05, 0.1) is 35.3 Å². The van der Waals surface area contributed by atoms with E-state index in [1.807, 2.05) is 19.9 Å². The molecule has 0 saturated carbocycles.